The first-order valence-corrected chi connectivity index (χ1v) is 8.43. The van der Waals surface area contributed by atoms with E-state index in [9.17, 15) is 8.78 Å². The van der Waals surface area contributed by atoms with Crippen molar-refractivity contribution in [2.45, 2.75) is 32.6 Å². The lowest BCUT2D eigenvalue weighted by molar-refractivity contribution is 0.446. The van der Waals surface area contributed by atoms with Crippen LogP contribution in [-0.2, 0) is 5.41 Å². The van der Waals surface area contributed by atoms with E-state index in [1.165, 1.54) is 0 Å². The maximum atomic E-state index is 14.9. The molecule has 0 saturated heterocycles. The molecule has 0 saturated carbocycles. The largest absolute Gasteiger partial charge is 0.343 e. The molecule has 2 nitrogen and oxygen atoms in total. The Morgan fingerprint density at radius 2 is 1.80 bits per heavy atom. The van der Waals surface area contributed by atoms with E-state index in [1.54, 1.807) is 0 Å². The van der Waals surface area contributed by atoms with Gasteiger partial charge >= 0.3 is 0 Å². The molecule has 1 aromatic heterocycles. The fraction of sp³-hybridized carbons (Fsp3) is 0.286. The van der Waals surface area contributed by atoms with Crippen LogP contribution in [0.4, 0.5) is 14.6 Å². The third-order valence-electron chi connectivity index (χ3n) is 5.29. The monoisotopic (exact) mass is 338 g/mol. The van der Waals surface area contributed by atoms with Crippen LogP contribution >= 0.6 is 0 Å². The van der Waals surface area contributed by atoms with Gasteiger partial charge in [0.15, 0.2) is 11.6 Å². The number of allylic oxidation sites excluding steroid dienone is 4. The van der Waals surface area contributed by atoms with E-state index in [-0.39, 0.29) is 11.0 Å². The number of fused-ring (bicyclic) bond motifs is 1. The highest BCUT2D eigenvalue weighted by atomic mass is 19.2. The van der Waals surface area contributed by atoms with Gasteiger partial charge in [-0.1, -0.05) is 56.3 Å². The molecule has 1 aliphatic heterocycles. The number of nitrogens with zero attached hydrogens (tertiary/aromatic N) is 1. The maximum Gasteiger partial charge on any atom is 0.177 e. The van der Waals surface area contributed by atoms with E-state index in [0.29, 0.717) is 5.82 Å². The predicted octanol–water partition coefficient (Wildman–Crippen LogP) is 5.33. The van der Waals surface area contributed by atoms with Crippen molar-refractivity contribution in [2.75, 3.05) is 5.32 Å². The van der Waals surface area contributed by atoms with Crippen molar-refractivity contribution in [2.24, 2.45) is 5.41 Å². The topological polar surface area (TPSA) is 24.9 Å². The molecule has 4 rings (SSSR count). The molecule has 1 atom stereocenters. The summed E-state index contributed by atoms with van der Waals surface area (Å²) in [6, 6.07) is 9.67. The summed E-state index contributed by atoms with van der Waals surface area (Å²) >= 11 is 0. The van der Waals surface area contributed by atoms with E-state index in [0.717, 1.165) is 29.5 Å². The van der Waals surface area contributed by atoms with Crippen LogP contribution in [-0.4, -0.2) is 4.98 Å². The molecule has 1 N–H and O–H groups in total. The molecule has 2 heterocycles. The van der Waals surface area contributed by atoms with Crippen molar-refractivity contribution in [1.82, 2.24) is 4.98 Å². The average molecular weight is 338 g/mol. The van der Waals surface area contributed by atoms with Crippen molar-refractivity contribution in [3.05, 3.63) is 82.7 Å². The number of halogens is 2. The molecular weight excluding hydrogens is 318 g/mol. The number of rotatable bonds is 1. The van der Waals surface area contributed by atoms with Crippen LogP contribution in [0.15, 0.2) is 60.0 Å². The smallest absolute Gasteiger partial charge is 0.177 e. The Morgan fingerprint density at radius 3 is 2.52 bits per heavy atom. The van der Waals surface area contributed by atoms with Crippen LogP contribution in [0.3, 0.4) is 0 Å². The number of nitrogens with one attached hydrogen (secondary N) is 1. The molecule has 1 aliphatic carbocycles. The number of hydrogen-bond acceptors (Lipinski definition) is 2. The standard InChI is InChI=1S/C21H20F2N2/c1-20(2)10-9-14-16(11-20)25-19-17(18(23)15(22)12-24-19)21(14,3)13-7-5-4-6-8-13/h4-10,12H,11H2,1-3H3,(H,24,25)/t21-/m0/s1. The van der Waals surface area contributed by atoms with Crippen molar-refractivity contribution < 1.29 is 8.78 Å². The van der Waals surface area contributed by atoms with Gasteiger partial charge in [0.05, 0.1) is 11.6 Å². The molecule has 25 heavy (non-hydrogen) atoms. The zero-order valence-electron chi connectivity index (χ0n) is 14.5. The van der Waals surface area contributed by atoms with Gasteiger partial charge in [-0.2, -0.15) is 0 Å². The molecule has 2 aliphatic rings. The number of benzene rings is 1. The third-order valence-corrected chi connectivity index (χ3v) is 5.29. The predicted molar refractivity (Wildman–Crippen MR) is 95.2 cm³/mol. The number of pyridine rings is 1. The minimum atomic E-state index is -0.924. The molecule has 4 heteroatoms. The fourth-order valence-electron chi connectivity index (χ4n) is 3.97. The zero-order valence-corrected chi connectivity index (χ0v) is 14.5. The molecule has 0 spiro atoms. The van der Waals surface area contributed by atoms with Gasteiger partial charge in [0.2, 0.25) is 0 Å². The molecule has 0 fully saturated rings. The van der Waals surface area contributed by atoms with E-state index in [4.69, 9.17) is 0 Å². The second-order valence-corrected chi connectivity index (χ2v) is 7.65. The number of hydrogen-bond donors (Lipinski definition) is 1. The van der Waals surface area contributed by atoms with Gasteiger partial charge in [0.1, 0.15) is 5.82 Å². The zero-order chi connectivity index (χ0) is 17.8. The lowest BCUT2D eigenvalue weighted by Crippen LogP contribution is -2.37. The Bertz CT molecular complexity index is 913. The molecule has 0 bridgehead atoms. The van der Waals surface area contributed by atoms with E-state index < -0.39 is 17.0 Å². The van der Waals surface area contributed by atoms with Crippen LogP contribution in [0.2, 0.25) is 0 Å². The van der Waals surface area contributed by atoms with Crippen LogP contribution in [0.25, 0.3) is 0 Å². The van der Waals surface area contributed by atoms with Gasteiger partial charge in [0.25, 0.3) is 0 Å². The minimum Gasteiger partial charge on any atom is -0.343 e. The number of anilines is 1. The van der Waals surface area contributed by atoms with Crippen LogP contribution in [0, 0.1) is 17.0 Å². The summed E-state index contributed by atoms with van der Waals surface area (Å²) in [6.07, 6.45) is 5.93. The summed E-state index contributed by atoms with van der Waals surface area (Å²) in [5.41, 5.74) is 2.37. The van der Waals surface area contributed by atoms with Gasteiger partial charge < -0.3 is 5.32 Å². The van der Waals surface area contributed by atoms with Gasteiger partial charge in [-0.3, -0.25) is 0 Å². The summed E-state index contributed by atoms with van der Waals surface area (Å²) in [7, 11) is 0. The first-order chi connectivity index (χ1) is 11.8. The van der Waals surface area contributed by atoms with Crippen molar-refractivity contribution in [1.29, 1.82) is 0 Å². The summed E-state index contributed by atoms with van der Waals surface area (Å²) in [6.45, 7) is 6.26. The molecule has 0 amide bonds. The Balaban J connectivity index is 2.04. The molecule has 2 aromatic rings. The summed E-state index contributed by atoms with van der Waals surface area (Å²) in [5, 5.41) is 3.26. The Morgan fingerprint density at radius 1 is 1.08 bits per heavy atom. The Labute approximate surface area is 146 Å². The van der Waals surface area contributed by atoms with Gasteiger partial charge in [-0.15, -0.1) is 0 Å². The lowest BCUT2D eigenvalue weighted by Gasteiger charge is -2.43. The Kier molecular flexibility index (Phi) is 3.36. The number of aromatic nitrogens is 1. The maximum absolute atomic E-state index is 14.9. The first kappa shape index (κ1) is 16.0. The summed E-state index contributed by atoms with van der Waals surface area (Å²) < 4.78 is 28.9. The SMILES string of the molecule is CC1(C)C=CC2=C(C1)Nc1ncc(F)c(F)c1[C@@]2(C)c1ccccc1. The average Bonchev–Trinajstić information content (AvgIpc) is 2.58. The molecular formula is C21H20F2N2. The fourth-order valence-corrected chi connectivity index (χ4v) is 3.97. The highest BCUT2D eigenvalue weighted by Crippen LogP contribution is 2.51. The molecule has 128 valence electrons. The second kappa shape index (κ2) is 5.25. The lowest BCUT2D eigenvalue weighted by atomic mass is 9.65. The summed E-state index contributed by atoms with van der Waals surface area (Å²) in [4.78, 5) is 4.16. The van der Waals surface area contributed by atoms with Crippen molar-refractivity contribution >= 4 is 5.82 Å². The highest BCUT2D eigenvalue weighted by Gasteiger charge is 2.44. The minimum absolute atomic E-state index is 0.000487. The molecule has 0 radical (unpaired) electrons. The Hall–Kier alpha value is -2.49. The van der Waals surface area contributed by atoms with Gasteiger partial charge in [-0.25, -0.2) is 13.8 Å². The van der Waals surface area contributed by atoms with Crippen LogP contribution in [0.1, 0.15) is 38.3 Å². The van der Waals surface area contributed by atoms with E-state index in [1.807, 2.05) is 43.3 Å². The van der Waals surface area contributed by atoms with Crippen LogP contribution in [0.5, 0.6) is 0 Å². The highest BCUT2D eigenvalue weighted by molar-refractivity contribution is 5.69. The van der Waals surface area contributed by atoms with Crippen LogP contribution < -0.4 is 5.32 Å². The van der Waals surface area contributed by atoms with E-state index >= 15 is 0 Å². The van der Waals surface area contributed by atoms with Gasteiger partial charge in [0, 0.05) is 11.3 Å². The van der Waals surface area contributed by atoms with Crippen molar-refractivity contribution in [3.8, 4) is 0 Å². The molecule has 1 aromatic carbocycles. The summed E-state index contributed by atoms with van der Waals surface area (Å²) in [5.74, 6) is -1.37. The van der Waals surface area contributed by atoms with Crippen molar-refractivity contribution in [3.63, 3.8) is 0 Å². The quantitative estimate of drug-likeness (QED) is 0.760. The normalized spacial score (nSPS) is 23.7. The van der Waals surface area contributed by atoms with Gasteiger partial charge in [-0.05, 0) is 29.9 Å². The first-order valence-electron chi connectivity index (χ1n) is 8.43. The second-order valence-electron chi connectivity index (χ2n) is 7.65. The molecule has 0 unspecified atom stereocenters. The third kappa shape index (κ3) is 2.31. The van der Waals surface area contributed by atoms with E-state index in [2.05, 4.69) is 30.2 Å².